The van der Waals surface area contributed by atoms with Crippen LogP contribution < -0.4 is 4.90 Å². The molecule has 1 aliphatic rings. The van der Waals surface area contributed by atoms with Crippen LogP contribution in [0.15, 0.2) is 58.8 Å². The Morgan fingerprint density at radius 2 is 1.66 bits per heavy atom. The van der Waals surface area contributed by atoms with Crippen molar-refractivity contribution in [3.05, 3.63) is 65.0 Å². The lowest BCUT2D eigenvalue weighted by atomic mass is 10.1. The van der Waals surface area contributed by atoms with Crippen LogP contribution in [0.3, 0.4) is 0 Å². The van der Waals surface area contributed by atoms with E-state index < -0.39 is 26.7 Å². The van der Waals surface area contributed by atoms with Crippen molar-refractivity contribution >= 4 is 26.5 Å². The SMILES string of the molecule is CCc1ccc(-c2csc(N3CCN(S(=O)(=O)c4ccccc4C(F)(F)F)CC3)n2)cc1. The molecule has 0 aliphatic carbocycles. The zero-order chi connectivity index (χ0) is 22.9. The van der Waals surface area contributed by atoms with Gasteiger partial charge in [0, 0.05) is 37.1 Å². The Bertz CT molecular complexity index is 1180. The third-order valence-corrected chi connectivity index (χ3v) is 8.33. The summed E-state index contributed by atoms with van der Waals surface area (Å²) in [5.74, 6) is 0. The molecule has 4 rings (SSSR count). The highest BCUT2D eigenvalue weighted by Crippen LogP contribution is 2.36. The lowest BCUT2D eigenvalue weighted by Gasteiger charge is -2.34. The maximum atomic E-state index is 13.3. The summed E-state index contributed by atoms with van der Waals surface area (Å²) < 4.78 is 66.9. The van der Waals surface area contributed by atoms with Crippen molar-refractivity contribution in [1.82, 2.24) is 9.29 Å². The van der Waals surface area contributed by atoms with Gasteiger partial charge in [0.05, 0.1) is 16.2 Å². The predicted molar refractivity (Wildman–Crippen MR) is 119 cm³/mol. The molecule has 1 aromatic heterocycles. The van der Waals surface area contributed by atoms with Gasteiger partial charge in [-0.3, -0.25) is 0 Å². The van der Waals surface area contributed by atoms with Gasteiger partial charge >= 0.3 is 6.18 Å². The molecule has 0 atom stereocenters. The van der Waals surface area contributed by atoms with E-state index in [4.69, 9.17) is 0 Å². The van der Waals surface area contributed by atoms with Crippen LogP contribution in [0.5, 0.6) is 0 Å². The van der Waals surface area contributed by atoms with Crippen molar-refractivity contribution in [3.8, 4) is 11.3 Å². The Morgan fingerprint density at radius 1 is 1.00 bits per heavy atom. The molecule has 0 bridgehead atoms. The Labute approximate surface area is 189 Å². The number of hydrogen-bond acceptors (Lipinski definition) is 5. The highest BCUT2D eigenvalue weighted by atomic mass is 32.2. The molecule has 0 unspecified atom stereocenters. The zero-order valence-corrected chi connectivity index (χ0v) is 19.0. The van der Waals surface area contributed by atoms with Crippen molar-refractivity contribution in [1.29, 1.82) is 0 Å². The number of halogens is 3. The van der Waals surface area contributed by atoms with E-state index >= 15 is 0 Å². The van der Waals surface area contributed by atoms with E-state index in [-0.39, 0.29) is 13.1 Å². The summed E-state index contributed by atoms with van der Waals surface area (Å²) in [4.78, 5) is 5.95. The van der Waals surface area contributed by atoms with E-state index in [2.05, 4.69) is 24.0 Å². The molecule has 0 amide bonds. The summed E-state index contributed by atoms with van der Waals surface area (Å²) in [6, 6.07) is 12.5. The van der Waals surface area contributed by atoms with Gasteiger partial charge in [0.25, 0.3) is 0 Å². The van der Waals surface area contributed by atoms with Gasteiger partial charge in [0.1, 0.15) is 0 Å². The van der Waals surface area contributed by atoms with Crippen LogP contribution in [0.2, 0.25) is 0 Å². The van der Waals surface area contributed by atoms with E-state index in [1.807, 2.05) is 22.4 Å². The van der Waals surface area contributed by atoms with Crippen LogP contribution in [0.4, 0.5) is 18.3 Å². The number of thiazole rings is 1. The summed E-state index contributed by atoms with van der Waals surface area (Å²) >= 11 is 1.47. The van der Waals surface area contributed by atoms with Crippen molar-refractivity contribution < 1.29 is 21.6 Å². The fourth-order valence-corrected chi connectivity index (χ4v) is 6.16. The molecule has 1 saturated heterocycles. The number of aryl methyl sites for hydroxylation is 1. The Balaban J connectivity index is 1.47. The van der Waals surface area contributed by atoms with Crippen LogP contribution >= 0.6 is 11.3 Å². The Kier molecular flexibility index (Phi) is 6.28. The third kappa shape index (κ3) is 4.53. The number of benzene rings is 2. The van der Waals surface area contributed by atoms with Crippen molar-refractivity contribution in [3.63, 3.8) is 0 Å². The summed E-state index contributed by atoms with van der Waals surface area (Å²) in [6.45, 7) is 2.99. The molecule has 0 radical (unpaired) electrons. The van der Waals surface area contributed by atoms with Gasteiger partial charge in [-0.2, -0.15) is 17.5 Å². The maximum absolute atomic E-state index is 13.3. The van der Waals surface area contributed by atoms with Gasteiger partial charge in [-0.05, 0) is 24.1 Å². The predicted octanol–water partition coefficient (Wildman–Crippen LogP) is 4.90. The summed E-state index contributed by atoms with van der Waals surface area (Å²) in [7, 11) is -4.26. The molecule has 2 aromatic carbocycles. The number of anilines is 1. The molecule has 5 nitrogen and oxygen atoms in total. The van der Waals surface area contributed by atoms with Gasteiger partial charge in [-0.1, -0.05) is 43.3 Å². The minimum atomic E-state index is -4.74. The summed E-state index contributed by atoms with van der Waals surface area (Å²) in [5, 5.41) is 2.73. The van der Waals surface area contributed by atoms with Gasteiger partial charge in [-0.25, -0.2) is 13.4 Å². The smallest absolute Gasteiger partial charge is 0.345 e. The molecule has 0 saturated carbocycles. The van der Waals surface area contributed by atoms with Crippen LogP contribution in [-0.4, -0.2) is 43.9 Å². The maximum Gasteiger partial charge on any atom is 0.417 e. The molecule has 10 heteroatoms. The average molecular weight is 482 g/mol. The molecular weight excluding hydrogens is 459 g/mol. The van der Waals surface area contributed by atoms with Gasteiger partial charge < -0.3 is 4.90 Å². The highest BCUT2D eigenvalue weighted by Gasteiger charge is 2.39. The van der Waals surface area contributed by atoms with E-state index in [9.17, 15) is 21.6 Å². The average Bonchev–Trinajstić information content (AvgIpc) is 3.29. The topological polar surface area (TPSA) is 53.5 Å². The first-order valence-electron chi connectivity index (χ1n) is 10.2. The van der Waals surface area contributed by atoms with Gasteiger partial charge in [0.15, 0.2) is 5.13 Å². The number of hydrogen-bond donors (Lipinski definition) is 0. The van der Waals surface area contributed by atoms with E-state index in [0.717, 1.165) is 39.2 Å². The monoisotopic (exact) mass is 481 g/mol. The quantitative estimate of drug-likeness (QED) is 0.520. The van der Waals surface area contributed by atoms with E-state index in [0.29, 0.717) is 13.1 Å². The van der Waals surface area contributed by atoms with Gasteiger partial charge in [0.2, 0.25) is 10.0 Å². The van der Waals surface area contributed by atoms with E-state index in [1.54, 1.807) is 0 Å². The Hall–Kier alpha value is -2.43. The van der Waals surface area contributed by atoms with Gasteiger partial charge in [-0.15, -0.1) is 11.3 Å². The summed E-state index contributed by atoms with van der Waals surface area (Å²) in [5.41, 5.74) is 1.96. The van der Waals surface area contributed by atoms with Crippen LogP contribution in [0.1, 0.15) is 18.1 Å². The minimum absolute atomic E-state index is 0.0919. The number of nitrogens with zero attached hydrogens (tertiary/aromatic N) is 3. The second-order valence-corrected chi connectivity index (χ2v) is 10.2. The minimum Gasteiger partial charge on any atom is -0.345 e. The first-order chi connectivity index (χ1) is 15.2. The molecular formula is C22H22F3N3O2S2. The van der Waals surface area contributed by atoms with E-state index in [1.165, 1.54) is 29.0 Å². The Morgan fingerprint density at radius 3 is 2.28 bits per heavy atom. The highest BCUT2D eigenvalue weighted by molar-refractivity contribution is 7.89. The molecule has 0 spiro atoms. The lowest BCUT2D eigenvalue weighted by molar-refractivity contribution is -0.139. The fourth-order valence-electron chi connectivity index (χ4n) is 3.64. The fraction of sp³-hybridized carbons (Fsp3) is 0.318. The van der Waals surface area contributed by atoms with Crippen molar-refractivity contribution in [2.45, 2.75) is 24.4 Å². The van der Waals surface area contributed by atoms with Crippen molar-refractivity contribution in [2.75, 3.05) is 31.1 Å². The largest absolute Gasteiger partial charge is 0.417 e. The van der Waals surface area contributed by atoms with Crippen LogP contribution in [0.25, 0.3) is 11.3 Å². The first kappa shape index (κ1) is 22.8. The van der Waals surface area contributed by atoms with Crippen LogP contribution in [-0.2, 0) is 22.6 Å². The van der Waals surface area contributed by atoms with Crippen molar-refractivity contribution in [2.24, 2.45) is 0 Å². The standard InChI is InChI=1S/C22H22F3N3O2S2/c1-2-16-7-9-17(10-8-16)19-15-31-21(26-19)27-11-13-28(14-12-27)32(29,30)20-6-4-3-5-18(20)22(23,24)25/h3-10,15H,2,11-14H2,1H3. The van der Waals surface area contributed by atoms with Crippen LogP contribution in [0, 0.1) is 0 Å². The molecule has 3 aromatic rings. The third-order valence-electron chi connectivity index (χ3n) is 5.47. The first-order valence-corrected chi connectivity index (χ1v) is 12.5. The second kappa shape index (κ2) is 8.84. The molecule has 0 N–H and O–H groups in total. The number of aromatic nitrogens is 1. The molecule has 1 aliphatic heterocycles. The molecule has 1 fully saturated rings. The summed E-state index contributed by atoms with van der Waals surface area (Å²) in [6.07, 6.45) is -3.78. The number of alkyl halides is 3. The number of rotatable bonds is 5. The second-order valence-electron chi connectivity index (χ2n) is 7.45. The molecule has 32 heavy (non-hydrogen) atoms. The molecule has 170 valence electrons. The lowest BCUT2D eigenvalue weighted by Crippen LogP contribution is -2.48. The zero-order valence-electron chi connectivity index (χ0n) is 17.3. The molecule has 2 heterocycles. The number of piperazine rings is 1. The number of sulfonamides is 1. The normalized spacial score (nSPS) is 15.8.